The Morgan fingerprint density at radius 3 is 2.68 bits per heavy atom. The normalized spacial score (nSPS) is 23.5. The highest BCUT2D eigenvalue weighted by Crippen LogP contribution is 2.24. The van der Waals surface area contributed by atoms with Crippen LogP contribution in [0.2, 0.25) is 0 Å². The number of hydrogen-bond donors (Lipinski definition) is 4. The number of halogens is 1. The molecule has 0 spiro atoms. The summed E-state index contributed by atoms with van der Waals surface area (Å²) in [7, 11) is 1.57. The van der Waals surface area contributed by atoms with Gasteiger partial charge < -0.3 is 21.5 Å². The Kier molecular flexibility index (Phi) is 6.80. The fourth-order valence-corrected chi connectivity index (χ4v) is 2.56. The van der Waals surface area contributed by atoms with Crippen LogP contribution in [0.3, 0.4) is 0 Å². The van der Waals surface area contributed by atoms with Gasteiger partial charge in [0.2, 0.25) is 5.91 Å². The second-order valence-electron chi connectivity index (χ2n) is 5.40. The van der Waals surface area contributed by atoms with Crippen LogP contribution in [0.25, 0.3) is 0 Å². The SMILES string of the molecule is CNC(=O)c1cccc(CNC(=O)[C@H]2C[C@@H](N)[C@H](O)C2)c1.Cl. The monoisotopic (exact) mass is 327 g/mol. The van der Waals surface area contributed by atoms with Crippen LogP contribution in [-0.4, -0.2) is 36.1 Å². The molecule has 1 aromatic rings. The Labute approximate surface area is 135 Å². The Morgan fingerprint density at radius 2 is 2.09 bits per heavy atom. The molecule has 0 bridgehead atoms. The average molecular weight is 328 g/mol. The van der Waals surface area contributed by atoms with Crippen molar-refractivity contribution in [3.63, 3.8) is 0 Å². The third-order valence-corrected chi connectivity index (χ3v) is 3.83. The largest absolute Gasteiger partial charge is 0.391 e. The number of carbonyl (C=O) groups excluding carboxylic acids is 2. The fourth-order valence-electron chi connectivity index (χ4n) is 2.56. The smallest absolute Gasteiger partial charge is 0.251 e. The molecule has 0 heterocycles. The van der Waals surface area contributed by atoms with E-state index in [4.69, 9.17) is 5.73 Å². The molecule has 0 unspecified atom stereocenters. The number of aliphatic hydroxyl groups is 1. The van der Waals surface area contributed by atoms with Crippen LogP contribution in [0, 0.1) is 5.92 Å². The Bertz CT molecular complexity index is 529. The van der Waals surface area contributed by atoms with Crippen molar-refractivity contribution in [2.24, 2.45) is 11.7 Å². The van der Waals surface area contributed by atoms with E-state index in [0.29, 0.717) is 24.9 Å². The maximum absolute atomic E-state index is 12.0. The van der Waals surface area contributed by atoms with Crippen molar-refractivity contribution in [1.82, 2.24) is 10.6 Å². The number of nitrogens with two attached hydrogens (primary N) is 1. The average Bonchev–Trinajstić information content (AvgIpc) is 2.84. The second-order valence-corrected chi connectivity index (χ2v) is 5.40. The zero-order chi connectivity index (χ0) is 15.4. The van der Waals surface area contributed by atoms with E-state index >= 15 is 0 Å². The molecule has 3 atom stereocenters. The molecule has 1 aliphatic rings. The fraction of sp³-hybridized carbons (Fsp3) is 0.467. The third kappa shape index (κ3) is 4.43. The van der Waals surface area contributed by atoms with Crippen molar-refractivity contribution in [2.75, 3.05) is 7.05 Å². The van der Waals surface area contributed by atoms with E-state index in [2.05, 4.69) is 10.6 Å². The van der Waals surface area contributed by atoms with E-state index < -0.39 is 6.10 Å². The summed E-state index contributed by atoms with van der Waals surface area (Å²) < 4.78 is 0. The van der Waals surface area contributed by atoms with Gasteiger partial charge in [-0.1, -0.05) is 12.1 Å². The van der Waals surface area contributed by atoms with E-state index in [-0.39, 0.29) is 36.2 Å². The van der Waals surface area contributed by atoms with Crippen LogP contribution in [0.5, 0.6) is 0 Å². The first-order valence-corrected chi connectivity index (χ1v) is 7.03. The molecule has 0 radical (unpaired) electrons. The lowest BCUT2D eigenvalue weighted by molar-refractivity contribution is -0.125. The number of benzene rings is 1. The topological polar surface area (TPSA) is 104 Å². The van der Waals surface area contributed by atoms with Crippen molar-refractivity contribution in [3.05, 3.63) is 35.4 Å². The lowest BCUT2D eigenvalue weighted by atomic mass is 10.1. The van der Waals surface area contributed by atoms with Crippen molar-refractivity contribution < 1.29 is 14.7 Å². The van der Waals surface area contributed by atoms with Gasteiger partial charge >= 0.3 is 0 Å². The van der Waals surface area contributed by atoms with Gasteiger partial charge in [-0.15, -0.1) is 12.4 Å². The summed E-state index contributed by atoms with van der Waals surface area (Å²) in [4.78, 5) is 23.6. The van der Waals surface area contributed by atoms with Crippen molar-refractivity contribution in [2.45, 2.75) is 31.5 Å². The van der Waals surface area contributed by atoms with Gasteiger partial charge in [-0.2, -0.15) is 0 Å². The van der Waals surface area contributed by atoms with E-state index in [1.54, 1.807) is 25.2 Å². The van der Waals surface area contributed by atoms with E-state index in [0.717, 1.165) is 5.56 Å². The van der Waals surface area contributed by atoms with Gasteiger partial charge in [0, 0.05) is 31.1 Å². The molecule has 1 saturated carbocycles. The van der Waals surface area contributed by atoms with E-state index in [1.165, 1.54) is 0 Å². The minimum Gasteiger partial charge on any atom is -0.391 e. The minimum absolute atomic E-state index is 0. The lowest BCUT2D eigenvalue weighted by Gasteiger charge is -2.11. The molecule has 1 aromatic carbocycles. The zero-order valence-corrected chi connectivity index (χ0v) is 13.2. The maximum Gasteiger partial charge on any atom is 0.251 e. The highest BCUT2D eigenvalue weighted by atomic mass is 35.5. The molecule has 122 valence electrons. The molecule has 2 amide bonds. The highest BCUT2D eigenvalue weighted by molar-refractivity contribution is 5.94. The summed E-state index contributed by atoms with van der Waals surface area (Å²) >= 11 is 0. The summed E-state index contributed by atoms with van der Waals surface area (Å²) in [6, 6.07) is 6.77. The van der Waals surface area contributed by atoms with E-state index in [9.17, 15) is 14.7 Å². The van der Waals surface area contributed by atoms with Crippen LogP contribution in [0.1, 0.15) is 28.8 Å². The van der Waals surface area contributed by atoms with Gasteiger partial charge in [-0.05, 0) is 30.5 Å². The molecule has 5 N–H and O–H groups in total. The first-order valence-electron chi connectivity index (χ1n) is 7.03. The third-order valence-electron chi connectivity index (χ3n) is 3.83. The van der Waals surface area contributed by atoms with Crippen molar-refractivity contribution in [1.29, 1.82) is 0 Å². The first kappa shape index (κ1) is 18.4. The molecule has 0 aliphatic heterocycles. The number of rotatable bonds is 4. The summed E-state index contributed by atoms with van der Waals surface area (Å²) in [6.07, 6.45) is 0.314. The lowest BCUT2D eigenvalue weighted by Crippen LogP contribution is -2.30. The quantitative estimate of drug-likeness (QED) is 0.633. The Hall–Kier alpha value is -1.63. The molecule has 1 aliphatic carbocycles. The molecule has 2 rings (SSSR count). The van der Waals surface area contributed by atoms with Gasteiger partial charge in [-0.3, -0.25) is 9.59 Å². The van der Waals surface area contributed by atoms with Crippen LogP contribution >= 0.6 is 12.4 Å². The van der Waals surface area contributed by atoms with Crippen LogP contribution in [0.4, 0.5) is 0 Å². The summed E-state index contributed by atoms with van der Waals surface area (Å²) in [5.74, 6) is -0.502. The zero-order valence-electron chi connectivity index (χ0n) is 12.4. The van der Waals surface area contributed by atoms with Gasteiger partial charge in [0.25, 0.3) is 5.91 Å². The molecule has 7 heteroatoms. The molecule has 22 heavy (non-hydrogen) atoms. The molecule has 6 nitrogen and oxygen atoms in total. The summed E-state index contributed by atoms with van der Waals surface area (Å²) in [6.45, 7) is 0.353. The second kappa shape index (κ2) is 8.12. The molecule has 0 aromatic heterocycles. The molecular weight excluding hydrogens is 306 g/mol. The minimum atomic E-state index is -0.600. The van der Waals surface area contributed by atoms with Gasteiger partial charge in [0.1, 0.15) is 0 Å². The Balaban J connectivity index is 0.00000242. The van der Waals surface area contributed by atoms with E-state index in [1.807, 2.05) is 6.07 Å². The van der Waals surface area contributed by atoms with Crippen molar-refractivity contribution >= 4 is 24.2 Å². The predicted molar refractivity (Wildman–Crippen MR) is 85.6 cm³/mol. The number of aliphatic hydroxyl groups excluding tert-OH is 1. The molecule has 1 fully saturated rings. The number of hydrogen-bond acceptors (Lipinski definition) is 4. The van der Waals surface area contributed by atoms with Gasteiger partial charge in [0.05, 0.1) is 6.10 Å². The maximum atomic E-state index is 12.0. The molecule has 0 saturated heterocycles. The summed E-state index contributed by atoms with van der Waals surface area (Å²) in [5.41, 5.74) is 7.12. The predicted octanol–water partition coefficient (Wildman–Crippen LogP) is 0.182. The summed E-state index contributed by atoms with van der Waals surface area (Å²) in [5, 5.41) is 15.0. The molecular formula is C15H22ClN3O3. The Morgan fingerprint density at radius 1 is 1.36 bits per heavy atom. The van der Waals surface area contributed by atoms with Crippen LogP contribution in [-0.2, 0) is 11.3 Å². The van der Waals surface area contributed by atoms with Crippen LogP contribution in [0.15, 0.2) is 24.3 Å². The van der Waals surface area contributed by atoms with Crippen LogP contribution < -0.4 is 16.4 Å². The van der Waals surface area contributed by atoms with Gasteiger partial charge in [-0.25, -0.2) is 0 Å². The number of carbonyl (C=O) groups is 2. The number of nitrogens with one attached hydrogen (secondary N) is 2. The first-order chi connectivity index (χ1) is 10.0. The van der Waals surface area contributed by atoms with Crippen molar-refractivity contribution in [3.8, 4) is 0 Å². The highest BCUT2D eigenvalue weighted by Gasteiger charge is 2.34. The number of amides is 2. The van der Waals surface area contributed by atoms with Gasteiger partial charge in [0.15, 0.2) is 0 Å². The standard InChI is InChI=1S/C15H21N3O3.ClH/c1-17-14(20)10-4-2-3-9(5-10)8-18-15(21)11-6-12(16)13(19)7-11;/h2-5,11-13,19H,6-8,16H2,1H3,(H,17,20)(H,18,21);1H/t11-,12+,13+;/m0./s1.